The number of rotatable bonds is 1. The number of amides is 1. The summed E-state index contributed by atoms with van der Waals surface area (Å²) in [4.78, 5) is 17.2. The van der Waals surface area contributed by atoms with Crippen molar-refractivity contribution in [2.24, 2.45) is 0 Å². The summed E-state index contributed by atoms with van der Waals surface area (Å²) in [5.74, 6) is -3.86. The maximum atomic E-state index is 14.1. The number of aromatic nitrogens is 1. The van der Waals surface area contributed by atoms with Gasteiger partial charge in [0.05, 0.1) is 5.92 Å². The van der Waals surface area contributed by atoms with E-state index in [4.69, 9.17) is 4.74 Å². The Labute approximate surface area is 123 Å². The smallest absolute Gasteiger partial charge is 0.410 e. The standard InChI is InChI=1S/C15H20F2N2O2/c1-14(2,3)21-13(20)19-9-6-15(16,17)12(10-19)11-4-7-18-8-5-11/h4-5,7-8,12H,6,9-10H2,1-3H3. The number of hydrogen-bond donors (Lipinski definition) is 0. The highest BCUT2D eigenvalue weighted by Crippen LogP contribution is 2.40. The van der Waals surface area contributed by atoms with Crippen LogP contribution in [0, 0.1) is 0 Å². The highest BCUT2D eigenvalue weighted by molar-refractivity contribution is 5.68. The maximum Gasteiger partial charge on any atom is 0.410 e. The van der Waals surface area contributed by atoms with Gasteiger partial charge in [0.2, 0.25) is 0 Å². The second-order valence-corrected chi connectivity index (χ2v) is 6.27. The summed E-state index contributed by atoms with van der Waals surface area (Å²) in [7, 11) is 0. The lowest BCUT2D eigenvalue weighted by Gasteiger charge is -2.39. The van der Waals surface area contributed by atoms with Crippen LogP contribution in [0.5, 0.6) is 0 Å². The van der Waals surface area contributed by atoms with Gasteiger partial charge in [0.1, 0.15) is 5.60 Å². The topological polar surface area (TPSA) is 42.4 Å². The zero-order valence-corrected chi connectivity index (χ0v) is 12.5. The quantitative estimate of drug-likeness (QED) is 0.797. The fourth-order valence-corrected chi connectivity index (χ4v) is 2.34. The molecule has 2 rings (SSSR count). The summed E-state index contributed by atoms with van der Waals surface area (Å²) < 4.78 is 33.5. The van der Waals surface area contributed by atoms with Crippen LogP contribution in [0.4, 0.5) is 13.6 Å². The summed E-state index contributed by atoms with van der Waals surface area (Å²) in [6, 6.07) is 3.13. The minimum atomic E-state index is -2.83. The van der Waals surface area contributed by atoms with E-state index in [2.05, 4.69) is 4.98 Å². The number of piperidine rings is 1. The first-order valence-corrected chi connectivity index (χ1v) is 6.95. The first-order chi connectivity index (χ1) is 9.69. The lowest BCUT2D eigenvalue weighted by atomic mass is 9.88. The highest BCUT2D eigenvalue weighted by atomic mass is 19.3. The van der Waals surface area contributed by atoms with Gasteiger partial charge in [0.15, 0.2) is 0 Å². The Morgan fingerprint density at radius 2 is 2.00 bits per heavy atom. The number of halogens is 2. The average Bonchev–Trinajstić information content (AvgIpc) is 2.37. The van der Waals surface area contributed by atoms with Gasteiger partial charge in [-0.1, -0.05) is 0 Å². The van der Waals surface area contributed by atoms with E-state index in [1.165, 1.54) is 17.3 Å². The molecule has 116 valence electrons. The van der Waals surface area contributed by atoms with Gasteiger partial charge in [0, 0.05) is 31.9 Å². The lowest BCUT2D eigenvalue weighted by molar-refractivity contribution is -0.0771. The highest BCUT2D eigenvalue weighted by Gasteiger charge is 2.46. The SMILES string of the molecule is CC(C)(C)OC(=O)N1CCC(F)(F)C(c2ccncc2)C1. The molecule has 0 aliphatic carbocycles. The number of alkyl halides is 2. The van der Waals surface area contributed by atoms with Crippen molar-refractivity contribution in [2.75, 3.05) is 13.1 Å². The van der Waals surface area contributed by atoms with Crippen LogP contribution in [0.1, 0.15) is 38.7 Å². The zero-order chi connectivity index (χ0) is 15.7. The van der Waals surface area contributed by atoms with Crippen molar-refractivity contribution in [2.45, 2.75) is 44.6 Å². The second-order valence-electron chi connectivity index (χ2n) is 6.27. The van der Waals surface area contributed by atoms with Gasteiger partial charge in [-0.3, -0.25) is 4.98 Å². The van der Waals surface area contributed by atoms with Crippen LogP contribution in [0.2, 0.25) is 0 Å². The third-order valence-electron chi connectivity index (χ3n) is 3.39. The molecular weight excluding hydrogens is 278 g/mol. The van der Waals surface area contributed by atoms with Gasteiger partial charge < -0.3 is 9.64 Å². The molecular formula is C15H20F2N2O2. The lowest BCUT2D eigenvalue weighted by Crippen LogP contribution is -2.49. The molecule has 1 saturated heterocycles. The molecule has 0 N–H and O–H groups in total. The normalized spacial score (nSPS) is 22.0. The minimum absolute atomic E-state index is 0.00347. The van der Waals surface area contributed by atoms with Crippen LogP contribution in [0.15, 0.2) is 24.5 Å². The number of hydrogen-bond acceptors (Lipinski definition) is 3. The molecule has 2 heterocycles. The van der Waals surface area contributed by atoms with Crippen molar-refractivity contribution in [3.8, 4) is 0 Å². The molecule has 1 fully saturated rings. The maximum absolute atomic E-state index is 14.1. The van der Waals surface area contributed by atoms with Crippen LogP contribution in [-0.2, 0) is 4.74 Å². The Bertz CT molecular complexity index is 500. The van der Waals surface area contributed by atoms with Gasteiger partial charge in [-0.2, -0.15) is 0 Å². The molecule has 0 aromatic carbocycles. The molecule has 1 atom stereocenters. The monoisotopic (exact) mass is 298 g/mol. The predicted molar refractivity (Wildman–Crippen MR) is 74.3 cm³/mol. The molecule has 6 heteroatoms. The first kappa shape index (κ1) is 15.7. The first-order valence-electron chi connectivity index (χ1n) is 6.95. The fourth-order valence-electron chi connectivity index (χ4n) is 2.34. The number of ether oxygens (including phenoxy) is 1. The molecule has 0 spiro atoms. The number of pyridine rings is 1. The van der Waals surface area contributed by atoms with E-state index in [1.54, 1.807) is 32.9 Å². The molecule has 0 radical (unpaired) electrons. The van der Waals surface area contributed by atoms with E-state index in [0.29, 0.717) is 5.56 Å². The van der Waals surface area contributed by atoms with Crippen molar-refractivity contribution in [3.63, 3.8) is 0 Å². The van der Waals surface area contributed by atoms with Crippen molar-refractivity contribution in [3.05, 3.63) is 30.1 Å². The molecule has 1 aromatic rings. The third kappa shape index (κ3) is 3.89. The van der Waals surface area contributed by atoms with E-state index >= 15 is 0 Å². The van der Waals surface area contributed by atoms with E-state index < -0.39 is 23.5 Å². The summed E-state index contributed by atoms with van der Waals surface area (Å²) in [5, 5.41) is 0. The van der Waals surface area contributed by atoms with E-state index in [1.807, 2.05) is 0 Å². The van der Waals surface area contributed by atoms with Gasteiger partial charge in [-0.05, 0) is 38.5 Å². The Morgan fingerprint density at radius 3 is 2.57 bits per heavy atom. The van der Waals surface area contributed by atoms with Crippen molar-refractivity contribution >= 4 is 6.09 Å². The van der Waals surface area contributed by atoms with Gasteiger partial charge in [-0.25, -0.2) is 13.6 Å². The largest absolute Gasteiger partial charge is 0.444 e. The number of likely N-dealkylation sites (tertiary alicyclic amines) is 1. The minimum Gasteiger partial charge on any atom is -0.444 e. The van der Waals surface area contributed by atoms with Crippen molar-refractivity contribution in [1.29, 1.82) is 0 Å². The van der Waals surface area contributed by atoms with Crippen LogP contribution in [-0.4, -0.2) is 40.6 Å². The fraction of sp³-hybridized carbons (Fsp3) is 0.600. The van der Waals surface area contributed by atoms with Crippen LogP contribution < -0.4 is 0 Å². The number of carbonyl (C=O) groups is 1. The molecule has 1 aliphatic rings. The molecule has 1 unspecified atom stereocenters. The third-order valence-corrected chi connectivity index (χ3v) is 3.39. The molecule has 21 heavy (non-hydrogen) atoms. The van der Waals surface area contributed by atoms with Crippen LogP contribution >= 0.6 is 0 Å². The number of nitrogens with zero attached hydrogens (tertiary/aromatic N) is 2. The average molecular weight is 298 g/mol. The number of carbonyl (C=O) groups excluding carboxylic acids is 1. The van der Waals surface area contributed by atoms with Crippen LogP contribution in [0.3, 0.4) is 0 Å². The summed E-state index contributed by atoms with van der Waals surface area (Å²) >= 11 is 0. The van der Waals surface area contributed by atoms with Gasteiger partial charge >= 0.3 is 6.09 Å². The van der Waals surface area contributed by atoms with Crippen LogP contribution in [0.25, 0.3) is 0 Å². The summed E-state index contributed by atoms with van der Waals surface area (Å²) in [6.07, 6.45) is 2.06. The zero-order valence-electron chi connectivity index (χ0n) is 12.5. The Morgan fingerprint density at radius 1 is 1.38 bits per heavy atom. The molecule has 1 aliphatic heterocycles. The van der Waals surface area contributed by atoms with Gasteiger partial charge in [-0.15, -0.1) is 0 Å². The Kier molecular flexibility index (Phi) is 4.16. The second kappa shape index (κ2) is 5.58. The summed E-state index contributed by atoms with van der Waals surface area (Å²) in [6.45, 7) is 5.22. The molecule has 1 amide bonds. The molecule has 1 aromatic heterocycles. The Balaban J connectivity index is 2.15. The molecule has 4 nitrogen and oxygen atoms in total. The van der Waals surface area contributed by atoms with Crippen molar-refractivity contribution < 1.29 is 18.3 Å². The van der Waals surface area contributed by atoms with E-state index in [9.17, 15) is 13.6 Å². The molecule has 0 bridgehead atoms. The predicted octanol–water partition coefficient (Wildman–Crippen LogP) is 3.44. The Hall–Kier alpha value is -1.72. The molecule has 0 saturated carbocycles. The summed E-state index contributed by atoms with van der Waals surface area (Å²) in [5.41, 5.74) is -0.147. The van der Waals surface area contributed by atoms with E-state index in [0.717, 1.165) is 0 Å². The van der Waals surface area contributed by atoms with Gasteiger partial charge in [0.25, 0.3) is 5.92 Å². The van der Waals surface area contributed by atoms with E-state index in [-0.39, 0.29) is 19.5 Å². The van der Waals surface area contributed by atoms with Crippen molar-refractivity contribution in [1.82, 2.24) is 9.88 Å².